The molecule has 0 spiro atoms. The number of sulfonamides is 1. The van der Waals surface area contributed by atoms with Gasteiger partial charge in [-0.25, -0.2) is 8.42 Å². The lowest BCUT2D eigenvalue weighted by Crippen LogP contribution is -2.26. The Morgan fingerprint density at radius 1 is 1.23 bits per heavy atom. The van der Waals surface area contributed by atoms with E-state index in [9.17, 15) is 13.2 Å². The topological polar surface area (TPSA) is 105 Å². The summed E-state index contributed by atoms with van der Waals surface area (Å²) < 4.78 is 32.4. The van der Waals surface area contributed by atoms with E-state index in [1.165, 1.54) is 37.9 Å². The Bertz CT molecular complexity index is 1180. The summed E-state index contributed by atoms with van der Waals surface area (Å²) in [6.45, 7) is 3.25. The van der Waals surface area contributed by atoms with Crippen molar-refractivity contribution in [1.29, 1.82) is 0 Å². The first-order chi connectivity index (χ1) is 14.2. The molecule has 0 saturated carbocycles. The third-order valence-electron chi connectivity index (χ3n) is 4.29. The minimum absolute atomic E-state index is 0.0602. The van der Waals surface area contributed by atoms with Gasteiger partial charge in [-0.2, -0.15) is 9.29 Å². The van der Waals surface area contributed by atoms with E-state index in [1.807, 2.05) is 37.4 Å². The van der Waals surface area contributed by atoms with Gasteiger partial charge in [0.1, 0.15) is 0 Å². The number of thioether (sulfide) groups is 1. The molecule has 0 aliphatic heterocycles. The molecule has 0 fully saturated rings. The first-order valence-electron chi connectivity index (χ1n) is 9.02. The van der Waals surface area contributed by atoms with Crippen LogP contribution >= 0.6 is 11.8 Å². The zero-order chi connectivity index (χ0) is 21.9. The van der Waals surface area contributed by atoms with Crippen molar-refractivity contribution >= 4 is 33.4 Å². The molecule has 0 unspecified atom stereocenters. The van der Waals surface area contributed by atoms with E-state index in [1.54, 1.807) is 6.07 Å². The zero-order valence-electron chi connectivity index (χ0n) is 17.0. The molecule has 0 aliphatic rings. The smallest absolute Gasteiger partial charge is 0.243 e. The molecule has 0 bridgehead atoms. The predicted molar refractivity (Wildman–Crippen MR) is 116 cm³/mol. The molecule has 1 amide bonds. The van der Waals surface area contributed by atoms with Crippen LogP contribution in [0.4, 0.5) is 5.69 Å². The summed E-state index contributed by atoms with van der Waals surface area (Å²) in [4.78, 5) is 16.6. The van der Waals surface area contributed by atoms with E-state index in [4.69, 9.17) is 4.52 Å². The van der Waals surface area contributed by atoms with Crippen molar-refractivity contribution < 1.29 is 17.7 Å². The first kappa shape index (κ1) is 22.0. The predicted octanol–water partition coefficient (Wildman–Crippen LogP) is 3.55. The van der Waals surface area contributed by atoms with Gasteiger partial charge in [0, 0.05) is 24.4 Å². The number of aromatic nitrogens is 2. The fraction of sp³-hybridized carbons (Fsp3) is 0.250. The minimum Gasteiger partial charge on any atom is -0.338 e. The number of rotatable bonds is 7. The molecule has 1 aromatic heterocycles. The van der Waals surface area contributed by atoms with Crippen LogP contribution in [0.5, 0.6) is 0 Å². The summed E-state index contributed by atoms with van der Waals surface area (Å²) in [5, 5.41) is 6.61. The van der Waals surface area contributed by atoms with Crippen LogP contribution in [0.1, 0.15) is 18.4 Å². The monoisotopic (exact) mass is 446 g/mol. The summed E-state index contributed by atoms with van der Waals surface area (Å²) in [6, 6.07) is 12.3. The Hall–Kier alpha value is -2.69. The third kappa shape index (κ3) is 4.89. The Morgan fingerprint density at radius 3 is 2.67 bits per heavy atom. The molecule has 0 saturated heterocycles. The molecule has 30 heavy (non-hydrogen) atoms. The summed E-state index contributed by atoms with van der Waals surface area (Å²) >= 11 is 1.41. The normalized spacial score (nSPS) is 11.6. The van der Waals surface area contributed by atoms with E-state index in [-0.39, 0.29) is 23.2 Å². The van der Waals surface area contributed by atoms with Gasteiger partial charge in [0.05, 0.1) is 17.1 Å². The molecule has 8 nitrogen and oxygen atoms in total. The van der Waals surface area contributed by atoms with Crippen molar-refractivity contribution in [1.82, 2.24) is 14.4 Å². The van der Waals surface area contributed by atoms with Crippen molar-refractivity contribution in [3.8, 4) is 11.4 Å². The van der Waals surface area contributed by atoms with Gasteiger partial charge in [0.25, 0.3) is 0 Å². The quantitative estimate of drug-likeness (QED) is 0.553. The number of carbonyl (C=O) groups excluding carboxylic acids is 1. The molecule has 0 radical (unpaired) electrons. The minimum atomic E-state index is -3.84. The highest BCUT2D eigenvalue weighted by atomic mass is 32.2. The number of hydrogen-bond acceptors (Lipinski definition) is 7. The van der Waals surface area contributed by atoms with Crippen molar-refractivity contribution in [3.05, 3.63) is 53.9 Å². The fourth-order valence-corrected chi connectivity index (χ4v) is 4.49. The van der Waals surface area contributed by atoms with Crippen molar-refractivity contribution in [2.24, 2.45) is 0 Å². The molecule has 2 aromatic carbocycles. The van der Waals surface area contributed by atoms with Crippen LogP contribution < -0.4 is 5.32 Å². The second-order valence-corrected chi connectivity index (χ2v) is 9.58. The molecule has 158 valence electrons. The van der Waals surface area contributed by atoms with Gasteiger partial charge in [-0.05, 0) is 37.4 Å². The molecule has 3 aromatic rings. The van der Waals surface area contributed by atoms with E-state index in [2.05, 4.69) is 15.5 Å². The summed E-state index contributed by atoms with van der Waals surface area (Å²) in [5.41, 5.74) is 2.30. The lowest BCUT2D eigenvalue weighted by atomic mass is 10.1. The van der Waals surface area contributed by atoms with Crippen LogP contribution in [0.25, 0.3) is 11.4 Å². The van der Waals surface area contributed by atoms with Crippen LogP contribution in [-0.2, 0) is 21.4 Å². The molecular formula is C20H22N4O4S2. The fourth-order valence-electron chi connectivity index (χ4n) is 2.81. The van der Waals surface area contributed by atoms with Crippen molar-refractivity contribution in [3.63, 3.8) is 0 Å². The van der Waals surface area contributed by atoms with Crippen LogP contribution in [-0.4, -0.2) is 42.1 Å². The number of nitrogens with zero attached hydrogens (tertiary/aromatic N) is 3. The summed E-state index contributed by atoms with van der Waals surface area (Å²) in [6.07, 6.45) is 1.85. The van der Waals surface area contributed by atoms with Crippen LogP contribution in [0, 0.1) is 6.92 Å². The summed E-state index contributed by atoms with van der Waals surface area (Å²) in [7, 11) is -2.40. The molecule has 1 N–H and O–H groups in total. The van der Waals surface area contributed by atoms with Crippen LogP contribution in [0.2, 0.25) is 0 Å². The highest BCUT2D eigenvalue weighted by molar-refractivity contribution is 7.98. The molecule has 0 aliphatic carbocycles. The van der Waals surface area contributed by atoms with Crippen LogP contribution in [0.3, 0.4) is 0 Å². The third-order valence-corrected chi connectivity index (χ3v) is 6.89. The van der Waals surface area contributed by atoms with Crippen molar-refractivity contribution in [2.75, 3.05) is 18.6 Å². The largest absolute Gasteiger partial charge is 0.338 e. The number of nitrogens with one attached hydrogen (secondary N) is 1. The first-order valence-corrected chi connectivity index (χ1v) is 11.7. The second-order valence-electron chi connectivity index (χ2n) is 6.69. The van der Waals surface area contributed by atoms with Gasteiger partial charge >= 0.3 is 0 Å². The lowest BCUT2D eigenvalue weighted by Gasteiger charge is -2.17. The number of hydrogen-bond donors (Lipinski definition) is 1. The average molecular weight is 447 g/mol. The lowest BCUT2D eigenvalue weighted by molar-refractivity contribution is -0.114. The molecule has 3 rings (SSSR count). The highest BCUT2D eigenvalue weighted by Gasteiger charge is 2.24. The summed E-state index contributed by atoms with van der Waals surface area (Å²) in [5.74, 6) is 0.305. The zero-order valence-corrected chi connectivity index (χ0v) is 18.7. The Kier molecular flexibility index (Phi) is 6.59. The highest BCUT2D eigenvalue weighted by Crippen LogP contribution is 2.29. The number of anilines is 1. The Balaban J connectivity index is 1.83. The van der Waals surface area contributed by atoms with Gasteiger partial charge < -0.3 is 9.84 Å². The maximum absolute atomic E-state index is 13.0. The SMILES string of the molecule is CSc1ccc(S(=O)(=O)N(C)Cc2nc(-c3cccc(C)c3)no2)cc1NC(C)=O. The molecule has 1 heterocycles. The average Bonchev–Trinajstić information content (AvgIpc) is 3.16. The molecular weight excluding hydrogens is 424 g/mol. The van der Waals surface area contributed by atoms with E-state index in [0.717, 1.165) is 20.3 Å². The van der Waals surface area contributed by atoms with Gasteiger partial charge in [-0.1, -0.05) is 28.9 Å². The van der Waals surface area contributed by atoms with Crippen LogP contribution in [0.15, 0.2) is 56.8 Å². The van der Waals surface area contributed by atoms with E-state index >= 15 is 0 Å². The van der Waals surface area contributed by atoms with Gasteiger partial charge in [-0.3, -0.25) is 4.79 Å². The van der Waals surface area contributed by atoms with E-state index in [0.29, 0.717) is 11.5 Å². The van der Waals surface area contributed by atoms with Gasteiger partial charge in [0.2, 0.25) is 27.6 Å². The van der Waals surface area contributed by atoms with E-state index < -0.39 is 10.0 Å². The maximum Gasteiger partial charge on any atom is 0.243 e. The number of aryl methyl sites for hydroxylation is 1. The maximum atomic E-state index is 13.0. The Labute approximate surface area is 179 Å². The standard InChI is InChI=1S/C20H22N4O4S2/c1-13-6-5-7-15(10-13)20-22-19(28-23-20)12-24(3)30(26,27)16-8-9-18(29-4)17(11-16)21-14(2)25/h5-11H,12H2,1-4H3,(H,21,25). The second kappa shape index (κ2) is 8.99. The van der Waals surface area contributed by atoms with Crippen molar-refractivity contribution in [2.45, 2.75) is 30.2 Å². The number of benzene rings is 2. The number of amides is 1. The number of carbonyl (C=O) groups is 1. The van der Waals surface area contributed by atoms with Gasteiger partial charge in [0.15, 0.2) is 0 Å². The van der Waals surface area contributed by atoms with Gasteiger partial charge in [-0.15, -0.1) is 11.8 Å². The molecule has 10 heteroatoms. The molecule has 0 atom stereocenters. The Morgan fingerprint density at radius 2 is 2.00 bits per heavy atom.